The van der Waals surface area contributed by atoms with E-state index in [1.54, 1.807) is 11.9 Å². The fourth-order valence-corrected chi connectivity index (χ4v) is 2.86. The molecule has 21 heavy (non-hydrogen) atoms. The Hall–Kier alpha value is -0.510. The molecule has 0 radical (unpaired) electrons. The van der Waals surface area contributed by atoms with Crippen molar-refractivity contribution in [3.05, 3.63) is 35.4 Å². The summed E-state index contributed by atoms with van der Waals surface area (Å²) in [5, 5.41) is 0. The smallest absolute Gasteiger partial charge is 0.0750 e. The highest BCUT2D eigenvalue weighted by molar-refractivity contribution is 7.98. The summed E-state index contributed by atoms with van der Waals surface area (Å²) < 4.78 is 9.84. The SMILES string of the molecule is CCCCO[C@@H](C)[C@@H](NSC(C)(C)C)c1cccc(C)c1. The third kappa shape index (κ3) is 7.35. The Balaban J connectivity index is 2.78. The van der Waals surface area contributed by atoms with Crippen LogP contribution in [0.25, 0.3) is 0 Å². The molecule has 2 atom stereocenters. The number of nitrogens with one attached hydrogen (secondary N) is 1. The average molecular weight is 310 g/mol. The Labute approximate surface area is 135 Å². The van der Waals surface area contributed by atoms with Crippen LogP contribution >= 0.6 is 11.9 Å². The monoisotopic (exact) mass is 309 g/mol. The van der Waals surface area contributed by atoms with E-state index in [-0.39, 0.29) is 16.9 Å². The van der Waals surface area contributed by atoms with Gasteiger partial charge < -0.3 is 4.74 Å². The maximum Gasteiger partial charge on any atom is 0.0750 e. The van der Waals surface area contributed by atoms with Crippen LogP contribution in [0.4, 0.5) is 0 Å². The molecule has 0 aliphatic carbocycles. The Morgan fingerprint density at radius 2 is 2.00 bits per heavy atom. The van der Waals surface area contributed by atoms with Gasteiger partial charge >= 0.3 is 0 Å². The number of aryl methyl sites for hydroxylation is 1. The molecular weight excluding hydrogens is 278 g/mol. The van der Waals surface area contributed by atoms with Crippen LogP contribution in [0.1, 0.15) is 64.6 Å². The molecular formula is C18H31NOS. The number of unbranched alkanes of at least 4 members (excludes halogenated alkanes) is 1. The predicted octanol–water partition coefficient (Wildman–Crippen LogP) is 5.28. The standard InChI is InChI=1S/C18H31NOS/c1-7-8-12-20-15(3)17(19-21-18(4,5)6)16-11-9-10-14(2)13-16/h9-11,13,15,17,19H,7-8,12H2,1-6H3/t15-,17+/m0/s1. The van der Waals surface area contributed by atoms with Crippen molar-refractivity contribution in [3.8, 4) is 0 Å². The van der Waals surface area contributed by atoms with Crippen molar-refractivity contribution in [2.45, 2.75) is 71.3 Å². The van der Waals surface area contributed by atoms with E-state index in [1.165, 1.54) is 17.5 Å². The molecule has 120 valence electrons. The quantitative estimate of drug-likeness (QED) is 0.521. The number of benzene rings is 1. The molecule has 1 rings (SSSR count). The molecule has 0 aromatic heterocycles. The van der Waals surface area contributed by atoms with Crippen molar-refractivity contribution in [1.82, 2.24) is 4.72 Å². The number of rotatable bonds is 8. The Morgan fingerprint density at radius 1 is 1.29 bits per heavy atom. The summed E-state index contributed by atoms with van der Waals surface area (Å²) in [6, 6.07) is 8.92. The Bertz CT molecular complexity index is 414. The Kier molecular flexibility index (Phi) is 7.78. The van der Waals surface area contributed by atoms with Crippen LogP contribution in [-0.4, -0.2) is 17.5 Å². The third-order valence-electron chi connectivity index (χ3n) is 3.24. The Morgan fingerprint density at radius 3 is 2.57 bits per heavy atom. The summed E-state index contributed by atoms with van der Waals surface area (Å²) >= 11 is 1.78. The maximum atomic E-state index is 6.03. The van der Waals surface area contributed by atoms with Gasteiger partial charge in [0.25, 0.3) is 0 Å². The van der Waals surface area contributed by atoms with Gasteiger partial charge in [-0.1, -0.05) is 55.1 Å². The van der Waals surface area contributed by atoms with Gasteiger partial charge in [0.05, 0.1) is 12.1 Å². The lowest BCUT2D eigenvalue weighted by atomic mass is 10.0. The lowest BCUT2D eigenvalue weighted by Crippen LogP contribution is -2.31. The highest BCUT2D eigenvalue weighted by Crippen LogP contribution is 2.28. The van der Waals surface area contributed by atoms with Gasteiger partial charge in [0.2, 0.25) is 0 Å². The largest absolute Gasteiger partial charge is 0.376 e. The van der Waals surface area contributed by atoms with Gasteiger partial charge in [-0.3, -0.25) is 4.72 Å². The van der Waals surface area contributed by atoms with Crippen molar-refractivity contribution in [3.63, 3.8) is 0 Å². The molecule has 1 N–H and O–H groups in total. The molecule has 0 amide bonds. The second-order valence-electron chi connectivity index (χ2n) is 6.65. The summed E-state index contributed by atoms with van der Waals surface area (Å²) in [6.07, 6.45) is 2.46. The molecule has 0 aliphatic rings. The van der Waals surface area contributed by atoms with Crippen molar-refractivity contribution in [2.24, 2.45) is 0 Å². The zero-order chi connectivity index (χ0) is 15.9. The first-order chi connectivity index (χ1) is 9.83. The summed E-state index contributed by atoms with van der Waals surface area (Å²) in [5.74, 6) is 0. The van der Waals surface area contributed by atoms with Crippen LogP contribution in [0.15, 0.2) is 24.3 Å². The molecule has 0 aliphatic heterocycles. The van der Waals surface area contributed by atoms with E-state index in [0.29, 0.717) is 0 Å². The molecule has 0 heterocycles. The summed E-state index contributed by atoms with van der Waals surface area (Å²) in [5.41, 5.74) is 2.59. The van der Waals surface area contributed by atoms with Gasteiger partial charge in [-0.25, -0.2) is 0 Å². The topological polar surface area (TPSA) is 21.3 Å². The van der Waals surface area contributed by atoms with Gasteiger partial charge in [0.15, 0.2) is 0 Å². The van der Waals surface area contributed by atoms with Gasteiger partial charge in [-0.15, -0.1) is 0 Å². The molecule has 0 spiro atoms. The zero-order valence-electron chi connectivity index (χ0n) is 14.4. The van der Waals surface area contributed by atoms with Gasteiger partial charge in [-0.05, 0) is 46.6 Å². The van der Waals surface area contributed by atoms with E-state index >= 15 is 0 Å². The molecule has 0 saturated heterocycles. The molecule has 0 unspecified atom stereocenters. The predicted molar refractivity (Wildman–Crippen MR) is 94.7 cm³/mol. The van der Waals surface area contributed by atoms with Crippen LogP contribution in [-0.2, 0) is 4.74 Å². The highest BCUT2D eigenvalue weighted by atomic mass is 32.2. The first-order valence-corrected chi connectivity index (χ1v) is 8.77. The van der Waals surface area contributed by atoms with Gasteiger partial charge in [0, 0.05) is 11.4 Å². The second-order valence-corrected chi connectivity index (χ2v) is 8.32. The summed E-state index contributed by atoms with van der Waals surface area (Å²) in [7, 11) is 0. The first kappa shape index (κ1) is 18.5. The van der Waals surface area contributed by atoms with E-state index in [4.69, 9.17) is 4.74 Å². The van der Waals surface area contributed by atoms with Crippen molar-refractivity contribution in [1.29, 1.82) is 0 Å². The number of ether oxygens (including phenoxy) is 1. The van der Waals surface area contributed by atoms with Crippen LogP contribution < -0.4 is 4.72 Å². The molecule has 3 heteroatoms. The molecule has 0 bridgehead atoms. The molecule has 1 aromatic rings. The van der Waals surface area contributed by atoms with Crippen LogP contribution in [0, 0.1) is 6.92 Å². The lowest BCUT2D eigenvalue weighted by Gasteiger charge is -2.29. The molecule has 2 nitrogen and oxygen atoms in total. The van der Waals surface area contributed by atoms with Crippen LogP contribution in [0.3, 0.4) is 0 Å². The second kappa shape index (κ2) is 8.82. The zero-order valence-corrected chi connectivity index (χ0v) is 15.2. The van der Waals surface area contributed by atoms with E-state index in [9.17, 15) is 0 Å². The van der Waals surface area contributed by atoms with Gasteiger partial charge in [-0.2, -0.15) is 0 Å². The van der Waals surface area contributed by atoms with Crippen LogP contribution in [0.2, 0.25) is 0 Å². The van der Waals surface area contributed by atoms with E-state index in [2.05, 4.69) is 70.5 Å². The fraction of sp³-hybridized carbons (Fsp3) is 0.667. The van der Waals surface area contributed by atoms with Crippen molar-refractivity contribution >= 4 is 11.9 Å². The van der Waals surface area contributed by atoms with Crippen molar-refractivity contribution in [2.75, 3.05) is 6.61 Å². The minimum Gasteiger partial charge on any atom is -0.376 e. The lowest BCUT2D eigenvalue weighted by molar-refractivity contribution is 0.0429. The fourth-order valence-electron chi connectivity index (χ4n) is 2.05. The first-order valence-electron chi connectivity index (χ1n) is 7.95. The summed E-state index contributed by atoms with van der Waals surface area (Å²) in [4.78, 5) is 0. The molecule has 1 aromatic carbocycles. The summed E-state index contributed by atoms with van der Waals surface area (Å²) in [6.45, 7) is 14.0. The van der Waals surface area contributed by atoms with Gasteiger partial charge in [0.1, 0.15) is 0 Å². The van der Waals surface area contributed by atoms with Crippen molar-refractivity contribution < 1.29 is 4.74 Å². The maximum absolute atomic E-state index is 6.03. The van der Waals surface area contributed by atoms with E-state index in [1.807, 2.05) is 0 Å². The molecule has 0 fully saturated rings. The van der Waals surface area contributed by atoms with Crippen LogP contribution in [0.5, 0.6) is 0 Å². The average Bonchev–Trinajstić information content (AvgIpc) is 2.38. The minimum atomic E-state index is 0.160. The number of hydrogen-bond acceptors (Lipinski definition) is 3. The highest BCUT2D eigenvalue weighted by Gasteiger charge is 2.22. The molecule has 0 saturated carbocycles. The van der Waals surface area contributed by atoms with E-state index < -0.39 is 0 Å². The number of hydrogen-bond donors (Lipinski definition) is 1. The van der Waals surface area contributed by atoms with E-state index in [0.717, 1.165) is 13.0 Å². The normalized spacial score (nSPS) is 15.0. The minimum absolute atomic E-state index is 0.160. The third-order valence-corrected chi connectivity index (χ3v) is 4.23.